The van der Waals surface area contributed by atoms with E-state index in [1.54, 1.807) is 12.1 Å². The SMILES string of the molecule is CN1/C(=C/C=C2C(=O)c3cc(Cl)c(Cl)cc3C2=O)C(c2ccccc2)(c2ccccc2)c2cc(Cl)cc(Cl)c21. The van der Waals surface area contributed by atoms with Crippen molar-refractivity contribution in [3.05, 3.63) is 156 Å². The summed E-state index contributed by atoms with van der Waals surface area (Å²) in [5, 5.41) is 1.45. The lowest BCUT2D eigenvalue weighted by Crippen LogP contribution is -2.32. The van der Waals surface area contributed by atoms with Gasteiger partial charge >= 0.3 is 0 Å². The molecule has 0 unspecified atom stereocenters. The highest BCUT2D eigenvalue weighted by Crippen LogP contribution is 2.57. The number of carbonyl (C=O) groups is 2. The number of allylic oxidation sites excluding steroid dienone is 4. The fourth-order valence-corrected chi connectivity index (χ4v) is 6.67. The second-order valence-corrected chi connectivity index (χ2v) is 11.1. The standard InChI is InChI=1S/C32H19Cl4NO2/c1-37-28(13-12-21-30(38)22-16-25(34)26(35)17-23(22)31(21)39)32(18-8-4-2-5-9-18,19-10-6-3-7-11-19)24-14-20(33)15-27(36)29(24)37/h2-17H,1H3/b28-13+. The van der Waals surface area contributed by atoms with Gasteiger partial charge in [-0.3, -0.25) is 9.59 Å². The number of nitrogens with zero attached hydrogens (tertiary/aromatic N) is 1. The van der Waals surface area contributed by atoms with Crippen LogP contribution in [0, 0.1) is 0 Å². The molecule has 0 radical (unpaired) electrons. The molecule has 4 aromatic carbocycles. The number of hydrogen-bond donors (Lipinski definition) is 0. The highest BCUT2D eigenvalue weighted by molar-refractivity contribution is 6.45. The lowest BCUT2D eigenvalue weighted by Gasteiger charge is -2.34. The minimum absolute atomic E-state index is 0.0411. The zero-order valence-corrected chi connectivity index (χ0v) is 23.5. The van der Waals surface area contributed by atoms with Gasteiger partial charge in [0, 0.05) is 28.9 Å². The molecule has 0 aromatic heterocycles. The van der Waals surface area contributed by atoms with E-state index in [1.807, 2.05) is 60.5 Å². The third-order valence-corrected chi connectivity index (χ3v) is 8.60. The Labute approximate surface area is 245 Å². The summed E-state index contributed by atoms with van der Waals surface area (Å²) >= 11 is 25.7. The Morgan fingerprint density at radius 3 is 1.69 bits per heavy atom. The normalized spacial score (nSPS) is 16.6. The monoisotopic (exact) mass is 589 g/mol. The predicted octanol–water partition coefficient (Wildman–Crippen LogP) is 8.97. The molecule has 6 rings (SSSR count). The average Bonchev–Trinajstić information content (AvgIpc) is 3.31. The Morgan fingerprint density at radius 1 is 0.667 bits per heavy atom. The first-order valence-electron chi connectivity index (χ1n) is 12.1. The first-order chi connectivity index (χ1) is 18.7. The van der Waals surface area contributed by atoms with Gasteiger partial charge in [-0.05, 0) is 53.1 Å². The van der Waals surface area contributed by atoms with Crippen molar-refractivity contribution in [3.63, 3.8) is 0 Å². The van der Waals surface area contributed by atoms with Crippen molar-refractivity contribution in [2.45, 2.75) is 5.41 Å². The average molecular weight is 591 g/mol. The van der Waals surface area contributed by atoms with Crippen LogP contribution >= 0.6 is 46.4 Å². The van der Waals surface area contributed by atoms with Gasteiger partial charge in [0.05, 0.1) is 31.7 Å². The number of carbonyl (C=O) groups excluding carboxylic acids is 2. The lowest BCUT2D eigenvalue weighted by atomic mass is 9.68. The molecule has 2 aliphatic rings. The molecule has 0 bridgehead atoms. The highest BCUT2D eigenvalue weighted by Gasteiger charge is 2.49. The third-order valence-electron chi connectivity index (χ3n) is 7.37. The van der Waals surface area contributed by atoms with Crippen molar-refractivity contribution in [2.75, 3.05) is 11.9 Å². The van der Waals surface area contributed by atoms with E-state index in [4.69, 9.17) is 46.4 Å². The van der Waals surface area contributed by atoms with Crippen LogP contribution in [0.4, 0.5) is 5.69 Å². The first kappa shape index (κ1) is 25.9. The molecule has 7 heteroatoms. The van der Waals surface area contributed by atoms with Gasteiger partial charge in [0.25, 0.3) is 0 Å². The summed E-state index contributed by atoms with van der Waals surface area (Å²) in [5.41, 5.74) is 4.16. The summed E-state index contributed by atoms with van der Waals surface area (Å²) in [4.78, 5) is 28.6. The summed E-state index contributed by atoms with van der Waals surface area (Å²) in [6.07, 6.45) is 3.41. The summed E-state index contributed by atoms with van der Waals surface area (Å²) in [7, 11) is 1.92. The molecule has 0 N–H and O–H groups in total. The van der Waals surface area contributed by atoms with Crippen molar-refractivity contribution in [1.82, 2.24) is 0 Å². The molecule has 0 saturated heterocycles. The van der Waals surface area contributed by atoms with Gasteiger partial charge < -0.3 is 4.90 Å². The van der Waals surface area contributed by atoms with Crippen molar-refractivity contribution >= 4 is 63.7 Å². The number of Topliss-reactive ketones (excluding diaryl/α,β-unsaturated/α-hetero) is 2. The minimum Gasteiger partial charge on any atom is -0.345 e. The Bertz CT molecular complexity index is 1660. The van der Waals surface area contributed by atoms with Crippen LogP contribution in [-0.4, -0.2) is 18.6 Å². The second-order valence-electron chi connectivity index (χ2n) is 9.43. The lowest BCUT2D eigenvalue weighted by molar-refractivity contribution is 0.0988. The number of fused-ring (bicyclic) bond motifs is 2. The summed E-state index contributed by atoms with van der Waals surface area (Å²) in [6, 6.07) is 26.6. The maximum absolute atomic E-state index is 13.3. The van der Waals surface area contributed by atoms with Gasteiger partial charge in [-0.15, -0.1) is 0 Å². The number of anilines is 1. The smallest absolute Gasteiger partial charge is 0.197 e. The number of benzene rings is 4. The fraction of sp³-hybridized carbons (Fsp3) is 0.0625. The molecule has 0 fully saturated rings. The largest absolute Gasteiger partial charge is 0.345 e. The first-order valence-corrected chi connectivity index (χ1v) is 13.6. The fourth-order valence-electron chi connectivity index (χ4n) is 5.72. The van der Waals surface area contributed by atoms with Gasteiger partial charge in [-0.2, -0.15) is 0 Å². The van der Waals surface area contributed by atoms with Crippen LogP contribution in [0.25, 0.3) is 0 Å². The quantitative estimate of drug-likeness (QED) is 0.176. The number of rotatable bonds is 3. The number of halogens is 4. The summed E-state index contributed by atoms with van der Waals surface area (Å²) in [5.74, 6) is -0.788. The maximum Gasteiger partial charge on any atom is 0.197 e. The van der Waals surface area contributed by atoms with E-state index in [1.165, 1.54) is 12.1 Å². The molecule has 39 heavy (non-hydrogen) atoms. The maximum atomic E-state index is 13.3. The van der Waals surface area contributed by atoms with Crippen molar-refractivity contribution < 1.29 is 9.59 Å². The number of likely N-dealkylation sites (N-methyl/N-ethyl adjacent to an activating group) is 1. The molecule has 0 amide bonds. The predicted molar refractivity (Wildman–Crippen MR) is 159 cm³/mol. The zero-order chi connectivity index (χ0) is 27.5. The van der Waals surface area contributed by atoms with Gasteiger partial charge in [0.15, 0.2) is 11.6 Å². The molecule has 0 spiro atoms. The Morgan fingerprint density at radius 2 is 1.18 bits per heavy atom. The van der Waals surface area contributed by atoms with Gasteiger partial charge in [0.2, 0.25) is 0 Å². The Balaban J connectivity index is 1.65. The van der Waals surface area contributed by atoms with Gasteiger partial charge in [0.1, 0.15) is 0 Å². The third kappa shape index (κ3) is 3.88. The molecular formula is C32H19Cl4NO2. The van der Waals surface area contributed by atoms with Crippen molar-refractivity contribution in [2.24, 2.45) is 0 Å². The van der Waals surface area contributed by atoms with E-state index in [-0.39, 0.29) is 26.7 Å². The van der Waals surface area contributed by atoms with E-state index >= 15 is 0 Å². The molecule has 0 atom stereocenters. The van der Waals surface area contributed by atoms with Crippen LogP contribution < -0.4 is 4.90 Å². The minimum atomic E-state index is -0.831. The van der Waals surface area contributed by atoms with Crippen LogP contribution in [0.5, 0.6) is 0 Å². The highest BCUT2D eigenvalue weighted by atomic mass is 35.5. The van der Waals surface area contributed by atoms with E-state index in [0.29, 0.717) is 10.0 Å². The van der Waals surface area contributed by atoms with E-state index in [0.717, 1.165) is 28.1 Å². The molecule has 1 aliphatic carbocycles. The van der Waals surface area contributed by atoms with Crippen LogP contribution in [-0.2, 0) is 5.41 Å². The molecule has 1 heterocycles. The summed E-state index contributed by atoms with van der Waals surface area (Å²) in [6.45, 7) is 0. The Kier molecular flexibility index (Phi) is 6.44. The molecule has 0 saturated carbocycles. The van der Waals surface area contributed by atoms with Crippen LogP contribution in [0.15, 0.2) is 108 Å². The second kappa shape index (κ2) is 9.69. The van der Waals surface area contributed by atoms with E-state index in [9.17, 15) is 9.59 Å². The van der Waals surface area contributed by atoms with Crippen LogP contribution in [0.3, 0.4) is 0 Å². The van der Waals surface area contributed by atoms with E-state index < -0.39 is 17.0 Å². The summed E-state index contributed by atoms with van der Waals surface area (Å²) < 4.78 is 0. The topological polar surface area (TPSA) is 37.4 Å². The molecule has 3 nitrogen and oxygen atoms in total. The van der Waals surface area contributed by atoms with Gasteiger partial charge in [-0.25, -0.2) is 0 Å². The van der Waals surface area contributed by atoms with Crippen molar-refractivity contribution in [3.8, 4) is 0 Å². The van der Waals surface area contributed by atoms with Crippen molar-refractivity contribution in [1.29, 1.82) is 0 Å². The zero-order valence-electron chi connectivity index (χ0n) is 20.5. The molecular weight excluding hydrogens is 572 g/mol. The number of ketones is 2. The number of hydrogen-bond acceptors (Lipinski definition) is 3. The Hall–Kier alpha value is -3.34. The molecule has 4 aromatic rings. The van der Waals surface area contributed by atoms with Crippen LogP contribution in [0.2, 0.25) is 20.1 Å². The van der Waals surface area contributed by atoms with Crippen LogP contribution in [0.1, 0.15) is 37.4 Å². The molecule has 192 valence electrons. The molecule has 1 aliphatic heterocycles. The van der Waals surface area contributed by atoms with Gasteiger partial charge in [-0.1, -0.05) is 107 Å². The van der Waals surface area contributed by atoms with E-state index in [2.05, 4.69) is 24.3 Å².